The largest absolute Gasteiger partial charge is 0.508 e. The standard InChI is InChI=1S/C29H30N2O/c1-20-10-11-25-26-16-23-19-31(18-21-6-3-2-4-7-21)13-12-29(23,17-28(26)30-27(25)14-20)22-8-5-9-24(32)15-22/h2-11,14-15,23,30,32H,12-13,16-19H2,1H3. The number of nitrogens with one attached hydrogen (secondary N) is 1. The van der Waals surface area contributed by atoms with Crippen molar-refractivity contribution in [2.24, 2.45) is 5.92 Å². The molecule has 6 rings (SSSR count). The van der Waals surface area contributed by atoms with Crippen LogP contribution in [0.5, 0.6) is 5.75 Å². The molecule has 1 fully saturated rings. The fourth-order valence-corrected chi connectivity index (χ4v) is 6.29. The first kappa shape index (κ1) is 19.6. The molecular weight excluding hydrogens is 392 g/mol. The van der Waals surface area contributed by atoms with Crippen LogP contribution in [-0.4, -0.2) is 28.1 Å². The molecule has 0 amide bonds. The van der Waals surface area contributed by atoms with Gasteiger partial charge in [0.05, 0.1) is 0 Å². The van der Waals surface area contributed by atoms with Crippen molar-refractivity contribution in [2.45, 2.75) is 38.1 Å². The third-order valence-electron chi connectivity index (χ3n) is 7.90. The molecule has 0 saturated carbocycles. The van der Waals surface area contributed by atoms with Crippen molar-refractivity contribution in [3.8, 4) is 5.75 Å². The van der Waals surface area contributed by atoms with Gasteiger partial charge in [0.15, 0.2) is 0 Å². The summed E-state index contributed by atoms with van der Waals surface area (Å²) in [7, 11) is 0. The summed E-state index contributed by atoms with van der Waals surface area (Å²) in [6.45, 7) is 5.33. The highest BCUT2D eigenvalue weighted by atomic mass is 16.3. The highest BCUT2D eigenvalue weighted by molar-refractivity contribution is 5.85. The number of H-pyrrole nitrogens is 1. The van der Waals surface area contributed by atoms with Crippen LogP contribution in [0.2, 0.25) is 0 Å². The Labute approximate surface area is 189 Å². The van der Waals surface area contributed by atoms with Crippen LogP contribution in [0.1, 0.15) is 34.4 Å². The zero-order valence-electron chi connectivity index (χ0n) is 18.6. The highest BCUT2D eigenvalue weighted by Crippen LogP contribution is 2.49. The van der Waals surface area contributed by atoms with Crippen LogP contribution in [0.3, 0.4) is 0 Å². The van der Waals surface area contributed by atoms with Gasteiger partial charge < -0.3 is 10.1 Å². The summed E-state index contributed by atoms with van der Waals surface area (Å²) in [4.78, 5) is 6.40. The van der Waals surface area contributed by atoms with Crippen LogP contribution in [0, 0.1) is 12.8 Å². The van der Waals surface area contributed by atoms with Gasteiger partial charge in [0, 0.05) is 35.1 Å². The van der Waals surface area contributed by atoms with Crippen molar-refractivity contribution in [1.29, 1.82) is 0 Å². The minimum atomic E-state index is 0.0643. The van der Waals surface area contributed by atoms with Crippen molar-refractivity contribution in [3.05, 3.63) is 101 Å². The van der Waals surface area contributed by atoms with Crippen LogP contribution < -0.4 is 0 Å². The Kier molecular flexibility index (Phi) is 4.62. The van der Waals surface area contributed by atoms with Gasteiger partial charge in [-0.15, -0.1) is 0 Å². The molecule has 1 saturated heterocycles. The molecule has 2 atom stereocenters. The molecule has 162 valence electrons. The second-order valence-electron chi connectivity index (χ2n) is 9.89. The quantitative estimate of drug-likeness (QED) is 0.442. The van der Waals surface area contributed by atoms with E-state index in [1.807, 2.05) is 12.1 Å². The van der Waals surface area contributed by atoms with E-state index in [-0.39, 0.29) is 5.41 Å². The van der Waals surface area contributed by atoms with Gasteiger partial charge in [-0.2, -0.15) is 0 Å². The van der Waals surface area contributed by atoms with Crippen LogP contribution in [0.4, 0.5) is 0 Å². The monoisotopic (exact) mass is 422 g/mol. The number of rotatable bonds is 3. The second-order valence-corrected chi connectivity index (χ2v) is 9.89. The number of aromatic nitrogens is 1. The average molecular weight is 423 g/mol. The number of phenolic OH excluding ortho intramolecular Hbond substituents is 1. The Morgan fingerprint density at radius 2 is 1.91 bits per heavy atom. The van der Waals surface area contributed by atoms with E-state index < -0.39 is 0 Å². The van der Waals surface area contributed by atoms with Crippen LogP contribution in [0.15, 0.2) is 72.8 Å². The summed E-state index contributed by atoms with van der Waals surface area (Å²) >= 11 is 0. The average Bonchev–Trinajstić information content (AvgIpc) is 3.14. The van der Waals surface area contributed by atoms with Gasteiger partial charge in [-0.25, -0.2) is 0 Å². The van der Waals surface area contributed by atoms with E-state index in [1.54, 1.807) is 6.07 Å². The van der Waals surface area contributed by atoms with E-state index in [9.17, 15) is 5.11 Å². The molecule has 3 aromatic carbocycles. The normalized spacial score (nSPS) is 23.1. The maximum absolute atomic E-state index is 10.3. The molecule has 1 aliphatic heterocycles. The van der Waals surface area contributed by atoms with Crippen molar-refractivity contribution < 1.29 is 5.11 Å². The lowest BCUT2D eigenvalue weighted by Gasteiger charge is -2.51. The molecule has 32 heavy (non-hydrogen) atoms. The van der Waals surface area contributed by atoms with Gasteiger partial charge in [0.2, 0.25) is 0 Å². The minimum Gasteiger partial charge on any atom is -0.508 e. The first-order chi connectivity index (χ1) is 15.6. The maximum atomic E-state index is 10.3. The van der Waals surface area contributed by atoms with E-state index >= 15 is 0 Å². The van der Waals surface area contributed by atoms with Gasteiger partial charge in [-0.3, -0.25) is 4.90 Å². The van der Waals surface area contributed by atoms with E-state index in [2.05, 4.69) is 71.4 Å². The van der Waals surface area contributed by atoms with Gasteiger partial charge in [-0.05, 0) is 79.1 Å². The summed E-state index contributed by atoms with van der Waals surface area (Å²) in [6.07, 6.45) is 3.21. The molecule has 2 heterocycles. The predicted octanol–water partition coefficient (Wildman–Crippen LogP) is 5.74. The number of phenols is 1. The number of hydrogen-bond acceptors (Lipinski definition) is 2. The maximum Gasteiger partial charge on any atom is 0.115 e. The first-order valence-electron chi connectivity index (χ1n) is 11.8. The summed E-state index contributed by atoms with van der Waals surface area (Å²) in [5.74, 6) is 0.898. The summed E-state index contributed by atoms with van der Waals surface area (Å²) < 4.78 is 0. The molecule has 2 unspecified atom stereocenters. The molecule has 1 aromatic heterocycles. The van der Waals surface area contributed by atoms with E-state index in [4.69, 9.17) is 0 Å². The second kappa shape index (κ2) is 7.53. The molecule has 1 aliphatic carbocycles. The van der Waals surface area contributed by atoms with Crippen molar-refractivity contribution >= 4 is 10.9 Å². The third-order valence-corrected chi connectivity index (χ3v) is 7.90. The van der Waals surface area contributed by atoms with E-state index in [0.29, 0.717) is 11.7 Å². The Morgan fingerprint density at radius 1 is 1.03 bits per heavy atom. The number of hydrogen-bond donors (Lipinski definition) is 2. The zero-order valence-corrected chi connectivity index (χ0v) is 18.6. The molecule has 0 radical (unpaired) electrons. The third kappa shape index (κ3) is 3.23. The Balaban J connectivity index is 1.41. The lowest BCUT2D eigenvalue weighted by molar-refractivity contribution is 0.0765. The van der Waals surface area contributed by atoms with Crippen LogP contribution in [-0.2, 0) is 24.8 Å². The number of likely N-dealkylation sites (tertiary alicyclic amines) is 1. The number of aromatic amines is 1. The smallest absolute Gasteiger partial charge is 0.115 e. The van der Waals surface area contributed by atoms with Crippen molar-refractivity contribution in [2.75, 3.05) is 13.1 Å². The lowest BCUT2D eigenvalue weighted by Crippen LogP contribution is -2.53. The first-order valence-corrected chi connectivity index (χ1v) is 11.8. The van der Waals surface area contributed by atoms with Gasteiger partial charge in [0.1, 0.15) is 5.75 Å². The van der Waals surface area contributed by atoms with Gasteiger partial charge in [0.25, 0.3) is 0 Å². The minimum absolute atomic E-state index is 0.0643. The molecule has 4 aromatic rings. The molecule has 2 aliphatic rings. The number of fused-ring (bicyclic) bond motifs is 4. The molecule has 2 N–H and O–H groups in total. The highest BCUT2D eigenvalue weighted by Gasteiger charge is 2.48. The topological polar surface area (TPSA) is 39.3 Å². The number of nitrogens with zero attached hydrogens (tertiary/aromatic N) is 1. The van der Waals surface area contributed by atoms with Gasteiger partial charge in [-0.1, -0.05) is 54.6 Å². The van der Waals surface area contributed by atoms with Gasteiger partial charge >= 0.3 is 0 Å². The number of aromatic hydroxyl groups is 1. The molecule has 0 spiro atoms. The molecule has 0 bridgehead atoms. The fourth-order valence-electron chi connectivity index (χ4n) is 6.29. The SMILES string of the molecule is Cc1ccc2c3c([nH]c2c1)CC1(c2cccc(O)c2)CCN(Cc2ccccc2)CC1C3. The molecule has 3 heteroatoms. The summed E-state index contributed by atoms with van der Waals surface area (Å²) in [6, 6.07) is 25.7. The Bertz CT molecular complexity index is 1280. The van der Waals surface area contributed by atoms with E-state index in [0.717, 1.165) is 38.9 Å². The van der Waals surface area contributed by atoms with Crippen LogP contribution >= 0.6 is 0 Å². The van der Waals surface area contributed by atoms with E-state index in [1.165, 1.54) is 38.9 Å². The summed E-state index contributed by atoms with van der Waals surface area (Å²) in [5, 5.41) is 11.7. The number of piperidine rings is 1. The predicted molar refractivity (Wildman–Crippen MR) is 130 cm³/mol. The Morgan fingerprint density at radius 3 is 2.75 bits per heavy atom. The summed E-state index contributed by atoms with van der Waals surface area (Å²) in [5.41, 5.74) is 8.20. The zero-order chi connectivity index (χ0) is 21.7. The fraction of sp³-hybridized carbons (Fsp3) is 0.310. The lowest BCUT2D eigenvalue weighted by atomic mass is 9.58. The number of aryl methyl sites for hydroxylation is 1. The Hall–Kier alpha value is -3.04. The number of benzene rings is 3. The van der Waals surface area contributed by atoms with Crippen LogP contribution in [0.25, 0.3) is 10.9 Å². The van der Waals surface area contributed by atoms with Crippen molar-refractivity contribution in [1.82, 2.24) is 9.88 Å². The van der Waals surface area contributed by atoms with Crippen molar-refractivity contribution in [3.63, 3.8) is 0 Å². The molecule has 3 nitrogen and oxygen atoms in total. The molecular formula is C29H30N2O.